The first kappa shape index (κ1) is 23.3. The number of nitrogens with one attached hydrogen (secondary N) is 2. The van der Waals surface area contributed by atoms with E-state index in [-0.39, 0.29) is 5.91 Å². The highest BCUT2D eigenvalue weighted by atomic mass is 32.2. The molecule has 0 saturated heterocycles. The molecule has 0 aromatic heterocycles. The molecular formula is C20H26N4O5S. The number of carbonyl (C=O) groups is 2. The van der Waals surface area contributed by atoms with Gasteiger partial charge in [-0.3, -0.25) is 13.9 Å². The standard InChI is InChI=1S/C20H26N4O5S/c1-23(2)30(27,28)24(3)16-11-9-15(10-12-16)19(25)22-18-8-6-5-7-17(18)20(26)21-13-14-29-4/h5-12H,13-14H2,1-4H3,(H,21,26)(H,22,25). The first-order valence-electron chi connectivity index (χ1n) is 9.12. The van der Waals surface area contributed by atoms with Crippen molar-refractivity contribution < 1.29 is 22.7 Å². The molecule has 9 nitrogen and oxygen atoms in total. The van der Waals surface area contributed by atoms with Gasteiger partial charge in [-0.05, 0) is 36.4 Å². The van der Waals surface area contributed by atoms with Crippen molar-refractivity contribution in [3.05, 3.63) is 59.7 Å². The third-order valence-electron chi connectivity index (χ3n) is 4.31. The van der Waals surface area contributed by atoms with Gasteiger partial charge in [-0.25, -0.2) is 0 Å². The number of hydrogen-bond donors (Lipinski definition) is 2. The average molecular weight is 435 g/mol. The lowest BCUT2D eigenvalue weighted by atomic mass is 10.1. The van der Waals surface area contributed by atoms with Crippen LogP contribution in [-0.4, -0.2) is 65.9 Å². The van der Waals surface area contributed by atoms with Gasteiger partial charge in [-0.15, -0.1) is 0 Å². The number of rotatable bonds is 9. The monoisotopic (exact) mass is 434 g/mol. The van der Waals surface area contributed by atoms with E-state index in [1.807, 2.05) is 0 Å². The lowest BCUT2D eigenvalue weighted by Crippen LogP contribution is -2.37. The Labute approximate surface area is 176 Å². The van der Waals surface area contributed by atoms with E-state index >= 15 is 0 Å². The lowest BCUT2D eigenvalue weighted by molar-refractivity contribution is 0.0938. The second-order valence-corrected chi connectivity index (χ2v) is 8.73. The van der Waals surface area contributed by atoms with Gasteiger partial charge in [0.25, 0.3) is 11.8 Å². The fourth-order valence-corrected chi connectivity index (χ4v) is 3.43. The number of amides is 2. The number of anilines is 2. The van der Waals surface area contributed by atoms with E-state index in [0.29, 0.717) is 35.7 Å². The van der Waals surface area contributed by atoms with Crippen molar-refractivity contribution in [2.24, 2.45) is 0 Å². The molecule has 0 spiro atoms. The van der Waals surface area contributed by atoms with Crippen LogP contribution in [0.25, 0.3) is 0 Å². The topological polar surface area (TPSA) is 108 Å². The molecule has 0 aliphatic rings. The Bertz CT molecular complexity index is 991. The number of nitrogens with zero attached hydrogens (tertiary/aromatic N) is 2. The minimum atomic E-state index is -3.62. The molecule has 2 N–H and O–H groups in total. The quantitative estimate of drug-likeness (QED) is 0.583. The van der Waals surface area contributed by atoms with E-state index in [9.17, 15) is 18.0 Å². The summed E-state index contributed by atoms with van der Waals surface area (Å²) in [7, 11) is 2.23. The van der Waals surface area contributed by atoms with E-state index < -0.39 is 16.1 Å². The summed E-state index contributed by atoms with van der Waals surface area (Å²) in [5, 5.41) is 5.44. The molecule has 10 heteroatoms. The minimum Gasteiger partial charge on any atom is -0.383 e. The van der Waals surface area contributed by atoms with Gasteiger partial charge in [0.1, 0.15) is 0 Å². The minimum absolute atomic E-state index is 0.323. The SMILES string of the molecule is COCCNC(=O)c1ccccc1NC(=O)c1ccc(N(C)S(=O)(=O)N(C)C)cc1. The average Bonchev–Trinajstić information content (AvgIpc) is 2.73. The predicted octanol–water partition coefficient (Wildman–Crippen LogP) is 1.56. The van der Waals surface area contributed by atoms with Crippen molar-refractivity contribution in [2.75, 3.05) is 51.0 Å². The zero-order valence-electron chi connectivity index (χ0n) is 17.4. The molecule has 0 aliphatic heterocycles. The van der Waals surface area contributed by atoms with Crippen LogP contribution in [0.15, 0.2) is 48.5 Å². The van der Waals surface area contributed by atoms with E-state index in [2.05, 4.69) is 10.6 Å². The van der Waals surface area contributed by atoms with Crippen molar-refractivity contribution in [2.45, 2.75) is 0 Å². The van der Waals surface area contributed by atoms with E-state index in [0.717, 1.165) is 8.61 Å². The molecule has 2 aromatic rings. The van der Waals surface area contributed by atoms with Crippen LogP contribution >= 0.6 is 0 Å². The van der Waals surface area contributed by atoms with Gasteiger partial charge in [0.15, 0.2) is 0 Å². The first-order valence-corrected chi connectivity index (χ1v) is 10.5. The van der Waals surface area contributed by atoms with Crippen molar-refractivity contribution in [3.8, 4) is 0 Å². The second kappa shape index (κ2) is 10.2. The second-order valence-electron chi connectivity index (χ2n) is 6.55. The highest BCUT2D eigenvalue weighted by molar-refractivity contribution is 7.90. The molecule has 0 fully saturated rings. The van der Waals surface area contributed by atoms with Gasteiger partial charge >= 0.3 is 10.2 Å². The Kier molecular flexibility index (Phi) is 7.93. The summed E-state index contributed by atoms with van der Waals surface area (Å²) < 4.78 is 31.6. The maximum atomic E-state index is 12.6. The summed E-state index contributed by atoms with van der Waals surface area (Å²) in [6, 6.07) is 12.8. The van der Waals surface area contributed by atoms with Gasteiger partial charge in [-0.1, -0.05) is 12.1 Å². The summed E-state index contributed by atoms with van der Waals surface area (Å²) in [5.41, 5.74) is 1.44. The number of carbonyl (C=O) groups excluding carboxylic acids is 2. The molecular weight excluding hydrogens is 408 g/mol. The molecule has 0 atom stereocenters. The Balaban J connectivity index is 2.15. The van der Waals surface area contributed by atoms with Gasteiger partial charge in [0, 0.05) is 40.4 Å². The van der Waals surface area contributed by atoms with Gasteiger partial charge in [-0.2, -0.15) is 12.7 Å². The molecule has 0 unspecified atom stereocenters. The smallest absolute Gasteiger partial charge is 0.303 e. The van der Waals surface area contributed by atoms with E-state index in [1.165, 1.54) is 33.3 Å². The fraction of sp³-hybridized carbons (Fsp3) is 0.300. The summed E-state index contributed by atoms with van der Waals surface area (Å²) in [6.45, 7) is 0.729. The fourth-order valence-electron chi connectivity index (χ4n) is 2.55. The molecule has 0 bridgehead atoms. The summed E-state index contributed by atoms with van der Waals surface area (Å²) in [4.78, 5) is 25.0. The lowest BCUT2D eigenvalue weighted by Gasteiger charge is -2.23. The van der Waals surface area contributed by atoms with Crippen LogP contribution in [0.3, 0.4) is 0 Å². The number of benzene rings is 2. The molecule has 30 heavy (non-hydrogen) atoms. The normalized spacial score (nSPS) is 11.2. The zero-order valence-corrected chi connectivity index (χ0v) is 18.2. The summed E-state index contributed by atoms with van der Waals surface area (Å²) in [6.07, 6.45) is 0. The first-order chi connectivity index (χ1) is 14.2. The Morgan fingerprint density at radius 3 is 2.20 bits per heavy atom. The Hall–Kier alpha value is -2.95. The van der Waals surface area contributed by atoms with Crippen LogP contribution in [0, 0.1) is 0 Å². The molecule has 2 aromatic carbocycles. The van der Waals surface area contributed by atoms with Crippen LogP contribution in [0.4, 0.5) is 11.4 Å². The molecule has 0 aliphatic carbocycles. The predicted molar refractivity (Wildman–Crippen MR) is 116 cm³/mol. The van der Waals surface area contributed by atoms with Gasteiger partial charge < -0.3 is 15.4 Å². The third-order valence-corrected chi connectivity index (χ3v) is 6.14. The van der Waals surface area contributed by atoms with Crippen molar-refractivity contribution >= 4 is 33.4 Å². The molecule has 0 saturated carbocycles. The van der Waals surface area contributed by atoms with Crippen LogP contribution in [0.5, 0.6) is 0 Å². The van der Waals surface area contributed by atoms with Crippen molar-refractivity contribution in [1.29, 1.82) is 0 Å². The third kappa shape index (κ3) is 5.56. The van der Waals surface area contributed by atoms with Gasteiger partial charge in [0.05, 0.1) is 23.5 Å². The highest BCUT2D eigenvalue weighted by Crippen LogP contribution is 2.20. The number of methoxy groups -OCH3 is 1. The van der Waals surface area contributed by atoms with Crippen LogP contribution < -0.4 is 14.9 Å². The molecule has 162 valence electrons. The molecule has 2 amide bonds. The Morgan fingerprint density at radius 2 is 1.60 bits per heavy atom. The highest BCUT2D eigenvalue weighted by Gasteiger charge is 2.21. The molecule has 2 rings (SSSR count). The number of hydrogen-bond acceptors (Lipinski definition) is 5. The zero-order chi connectivity index (χ0) is 22.3. The van der Waals surface area contributed by atoms with E-state index in [4.69, 9.17) is 4.74 Å². The number of ether oxygens (including phenoxy) is 1. The Morgan fingerprint density at radius 1 is 0.967 bits per heavy atom. The maximum Gasteiger partial charge on any atom is 0.303 e. The van der Waals surface area contributed by atoms with Gasteiger partial charge in [0.2, 0.25) is 0 Å². The van der Waals surface area contributed by atoms with Crippen LogP contribution in [-0.2, 0) is 14.9 Å². The van der Waals surface area contributed by atoms with Crippen molar-refractivity contribution in [3.63, 3.8) is 0 Å². The summed E-state index contributed by atoms with van der Waals surface area (Å²) >= 11 is 0. The van der Waals surface area contributed by atoms with Crippen LogP contribution in [0.1, 0.15) is 20.7 Å². The van der Waals surface area contributed by atoms with E-state index in [1.54, 1.807) is 43.5 Å². The molecule has 0 heterocycles. The largest absolute Gasteiger partial charge is 0.383 e. The van der Waals surface area contributed by atoms with Crippen LogP contribution in [0.2, 0.25) is 0 Å². The number of para-hydroxylation sites is 1. The van der Waals surface area contributed by atoms with Crippen molar-refractivity contribution in [1.82, 2.24) is 9.62 Å². The summed E-state index contributed by atoms with van der Waals surface area (Å²) in [5.74, 6) is -0.745. The maximum absolute atomic E-state index is 12.6. The molecule has 0 radical (unpaired) electrons.